The Morgan fingerprint density at radius 1 is 1.17 bits per heavy atom. The van der Waals surface area contributed by atoms with Gasteiger partial charge in [-0.3, -0.25) is 29.4 Å². The van der Waals surface area contributed by atoms with E-state index in [1.807, 2.05) is 6.26 Å². The van der Waals surface area contributed by atoms with E-state index in [-0.39, 0.29) is 34.7 Å². The number of methoxy groups -OCH3 is 1. The van der Waals surface area contributed by atoms with Crippen LogP contribution < -0.4 is 10.1 Å². The van der Waals surface area contributed by atoms with Crippen LogP contribution >= 0.6 is 11.8 Å². The molecule has 0 bridgehead atoms. The SMILES string of the molecule is COc1cc(NC(=O)COC(=O)[C@H](CCSC)N2C(=O)c3ccccc3C2=O)c(C)cc1[N+](=O)[O-]. The van der Waals surface area contributed by atoms with Gasteiger partial charge in [0.15, 0.2) is 12.4 Å². The number of anilines is 1. The minimum atomic E-state index is -1.19. The fraction of sp³-hybridized carbons (Fsp3) is 0.304. The number of rotatable bonds is 10. The fourth-order valence-electron chi connectivity index (χ4n) is 3.61. The van der Waals surface area contributed by atoms with E-state index in [2.05, 4.69) is 5.32 Å². The van der Waals surface area contributed by atoms with Crippen LogP contribution in [-0.4, -0.2) is 65.3 Å². The number of nitrogens with zero attached hydrogens (tertiary/aromatic N) is 2. The molecule has 0 fully saturated rings. The van der Waals surface area contributed by atoms with Gasteiger partial charge < -0.3 is 14.8 Å². The van der Waals surface area contributed by atoms with Crippen LogP contribution in [0.5, 0.6) is 5.75 Å². The second-order valence-corrected chi connectivity index (χ2v) is 8.56. The number of esters is 1. The number of imide groups is 1. The summed E-state index contributed by atoms with van der Waals surface area (Å²) >= 11 is 1.43. The van der Waals surface area contributed by atoms with Gasteiger partial charge in [-0.1, -0.05) is 12.1 Å². The first-order valence-electron chi connectivity index (χ1n) is 10.4. The van der Waals surface area contributed by atoms with Crippen molar-refractivity contribution in [2.45, 2.75) is 19.4 Å². The maximum Gasteiger partial charge on any atom is 0.329 e. The highest BCUT2D eigenvalue weighted by atomic mass is 32.2. The number of ether oxygens (including phenoxy) is 2. The van der Waals surface area contributed by atoms with Gasteiger partial charge in [-0.05, 0) is 43.0 Å². The predicted molar refractivity (Wildman–Crippen MR) is 128 cm³/mol. The zero-order chi connectivity index (χ0) is 25.7. The lowest BCUT2D eigenvalue weighted by Crippen LogP contribution is -2.46. The fourth-order valence-corrected chi connectivity index (χ4v) is 4.06. The van der Waals surface area contributed by atoms with Crippen LogP contribution in [0.1, 0.15) is 32.7 Å². The molecule has 2 aromatic carbocycles. The van der Waals surface area contributed by atoms with Crippen molar-refractivity contribution in [3.63, 3.8) is 0 Å². The number of nitro benzene ring substituents is 1. The second kappa shape index (κ2) is 11.0. The monoisotopic (exact) mass is 501 g/mol. The number of amides is 3. The van der Waals surface area contributed by atoms with Gasteiger partial charge in [-0.2, -0.15) is 11.8 Å². The maximum absolute atomic E-state index is 12.9. The molecule has 2 aromatic rings. The van der Waals surface area contributed by atoms with Crippen LogP contribution in [0, 0.1) is 17.0 Å². The molecule has 184 valence electrons. The number of hydrogen-bond donors (Lipinski definition) is 1. The van der Waals surface area contributed by atoms with Crippen LogP contribution in [0.2, 0.25) is 0 Å². The van der Waals surface area contributed by atoms with Gasteiger partial charge in [0.25, 0.3) is 17.7 Å². The van der Waals surface area contributed by atoms with Crippen molar-refractivity contribution in [1.29, 1.82) is 0 Å². The Morgan fingerprint density at radius 2 is 1.80 bits per heavy atom. The highest BCUT2D eigenvalue weighted by molar-refractivity contribution is 7.98. The van der Waals surface area contributed by atoms with E-state index in [1.54, 1.807) is 19.1 Å². The van der Waals surface area contributed by atoms with Crippen LogP contribution in [-0.2, 0) is 14.3 Å². The Bertz CT molecular complexity index is 1160. The number of nitro groups is 1. The summed E-state index contributed by atoms with van der Waals surface area (Å²) < 4.78 is 10.2. The Hall–Kier alpha value is -3.93. The molecule has 3 amide bonds. The van der Waals surface area contributed by atoms with Gasteiger partial charge in [0.1, 0.15) is 6.04 Å². The van der Waals surface area contributed by atoms with E-state index in [0.717, 1.165) is 4.90 Å². The van der Waals surface area contributed by atoms with Crippen molar-refractivity contribution in [1.82, 2.24) is 4.90 Å². The molecule has 0 unspecified atom stereocenters. The third-order valence-corrected chi connectivity index (χ3v) is 5.99. The summed E-state index contributed by atoms with van der Waals surface area (Å²) in [5.41, 5.74) is 0.806. The number of carbonyl (C=O) groups excluding carboxylic acids is 4. The molecule has 0 aromatic heterocycles. The molecule has 1 heterocycles. The summed E-state index contributed by atoms with van der Waals surface area (Å²) in [6, 6.07) is 7.64. The van der Waals surface area contributed by atoms with Crippen LogP contribution in [0.25, 0.3) is 0 Å². The zero-order valence-corrected chi connectivity index (χ0v) is 20.0. The van der Waals surface area contributed by atoms with Gasteiger partial charge >= 0.3 is 11.7 Å². The number of carbonyl (C=O) groups is 4. The van der Waals surface area contributed by atoms with Gasteiger partial charge in [-0.15, -0.1) is 0 Å². The van der Waals surface area contributed by atoms with E-state index in [0.29, 0.717) is 11.3 Å². The molecular weight excluding hydrogens is 478 g/mol. The average Bonchev–Trinajstić information content (AvgIpc) is 3.09. The van der Waals surface area contributed by atoms with Gasteiger partial charge in [0.2, 0.25) is 0 Å². The van der Waals surface area contributed by atoms with E-state index in [4.69, 9.17) is 9.47 Å². The molecule has 3 rings (SSSR count). The summed E-state index contributed by atoms with van der Waals surface area (Å²) in [6.07, 6.45) is 1.98. The van der Waals surface area contributed by atoms with Gasteiger partial charge in [-0.25, -0.2) is 4.79 Å². The molecule has 0 saturated heterocycles. The van der Waals surface area contributed by atoms with Crippen molar-refractivity contribution in [2.24, 2.45) is 0 Å². The number of thioether (sulfide) groups is 1. The quantitative estimate of drug-likeness (QED) is 0.225. The first-order chi connectivity index (χ1) is 16.7. The summed E-state index contributed by atoms with van der Waals surface area (Å²) in [5, 5.41) is 13.7. The van der Waals surface area contributed by atoms with Crippen LogP contribution in [0.4, 0.5) is 11.4 Å². The first-order valence-corrected chi connectivity index (χ1v) is 11.8. The van der Waals surface area contributed by atoms with Crippen molar-refractivity contribution in [3.05, 3.63) is 63.2 Å². The number of aryl methyl sites for hydroxylation is 1. The molecule has 0 saturated carbocycles. The lowest BCUT2D eigenvalue weighted by molar-refractivity contribution is -0.385. The molecule has 0 radical (unpaired) electrons. The van der Waals surface area contributed by atoms with Crippen LogP contribution in [0.3, 0.4) is 0 Å². The van der Waals surface area contributed by atoms with Crippen molar-refractivity contribution >= 4 is 46.8 Å². The summed E-state index contributed by atoms with van der Waals surface area (Å²) in [4.78, 5) is 62.4. The number of nitrogens with one attached hydrogen (secondary N) is 1. The summed E-state index contributed by atoms with van der Waals surface area (Å²) in [6.45, 7) is 0.880. The topological polar surface area (TPSA) is 145 Å². The third kappa shape index (κ3) is 5.43. The highest BCUT2D eigenvalue weighted by Gasteiger charge is 2.43. The Kier molecular flexibility index (Phi) is 8.07. The standard InChI is InChI=1S/C23H23N3O8S/c1-13-10-18(26(31)32)19(33-2)11-16(13)24-20(27)12-34-23(30)17(8-9-35-3)25-21(28)14-6-4-5-7-15(14)22(25)29/h4-7,10-11,17H,8-9,12H2,1-3H3,(H,24,27)/t17-/m0/s1. The Morgan fingerprint density at radius 3 is 2.34 bits per heavy atom. The summed E-state index contributed by atoms with van der Waals surface area (Å²) in [5.74, 6) is -2.35. The van der Waals surface area contributed by atoms with E-state index >= 15 is 0 Å². The van der Waals surface area contributed by atoms with Crippen LogP contribution in [0.15, 0.2) is 36.4 Å². The molecular formula is C23H23N3O8S. The van der Waals surface area contributed by atoms with Crippen molar-refractivity contribution in [2.75, 3.05) is 31.0 Å². The number of hydrogen-bond acceptors (Lipinski definition) is 9. The van der Waals surface area contributed by atoms with E-state index in [1.165, 1.54) is 43.1 Å². The lowest BCUT2D eigenvalue weighted by Gasteiger charge is -2.24. The molecule has 0 aliphatic carbocycles. The number of fused-ring (bicyclic) bond motifs is 1. The molecule has 12 heteroatoms. The largest absolute Gasteiger partial charge is 0.490 e. The van der Waals surface area contributed by atoms with E-state index < -0.39 is 41.3 Å². The predicted octanol–water partition coefficient (Wildman–Crippen LogP) is 2.81. The highest BCUT2D eigenvalue weighted by Crippen LogP contribution is 2.33. The van der Waals surface area contributed by atoms with Crippen molar-refractivity contribution in [3.8, 4) is 5.75 Å². The molecule has 0 spiro atoms. The van der Waals surface area contributed by atoms with Crippen molar-refractivity contribution < 1.29 is 33.6 Å². The second-order valence-electron chi connectivity index (χ2n) is 7.58. The third-order valence-electron chi connectivity index (χ3n) is 5.35. The Labute approximate surface area is 204 Å². The van der Waals surface area contributed by atoms with E-state index in [9.17, 15) is 29.3 Å². The molecule has 1 aliphatic heterocycles. The minimum absolute atomic E-state index is 0.0457. The lowest BCUT2D eigenvalue weighted by atomic mass is 10.1. The Balaban J connectivity index is 1.71. The average molecular weight is 502 g/mol. The summed E-state index contributed by atoms with van der Waals surface area (Å²) in [7, 11) is 1.26. The molecule has 11 nitrogen and oxygen atoms in total. The zero-order valence-electron chi connectivity index (χ0n) is 19.2. The molecule has 1 N–H and O–H groups in total. The molecule has 1 atom stereocenters. The molecule has 35 heavy (non-hydrogen) atoms. The smallest absolute Gasteiger partial charge is 0.329 e. The first kappa shape index (κ1) is 25.7. The van der Waals surface area contributed by atoms with Gasteiger partial charge in [0, 0.05) is 17.8 Å². The minimum Gasteiger partial charge on any atom is -0.490 e. The maximum atomic E-state index is 12.9. The van der Waals surface area contributed by atoms with Gasteiger partial charge in [0.05, 0.1) is 23.2 Å². The molecule has 1 aliphatic rings. The number of benzene rings is 2. The normalized spacial score (nSPS) is 13.3.